The molecule has 2 heterocycles. The van der Waals surface area contributed by atoms with Crippen LogP contribution >= 0.6 is 0 Å². The number of methoxy groups -OCH3 is 1. The van der Waals surface area contributed by atoms with Crippen molar-refractivity contribution >= 4 is 11.0 Å². The van der Waals surface area contributed by atoms with Crippen LogP contribution in [-0.2, 0) is 6.42 Å². The van der Waals surface area contributed by atoms with Gasteiger partial charge in [0.25, 0.3) is 0 Å². The summed E-state index contributed by atoms with van der Waals surface area (Å²) in [6, 6.07) is 9.60. The molecule has 0 aliphatic carbocycles. The summed E-state index contributed by atoms with van der Waals surface area (Å²) in [4.78, 5) is 8.19. The third-order valence-electron chi connectivity index (χ3n) is 3.39. The normalized spacial score (nSPS) is 12.5. The van der Waals surface area contributed by atoms with Crippen LogP contribution in [0.1, 0.15) is 23.1 Å². The summed E-state index contributed by atoms with van der Waals surface area (Å²) >= 11 is 0. The van der Waals surface area contributed by atoms with Crippen molar-refractivity contribution in [2.24, 2.45) is 5.73 Å². The molecule has 0 saturated carbocycles. The van der Waals surface area contributed by atoms with Gasteiger partial charge < -0.3 is 14.9 Å². The third-order valence-corrected chi connectivity index (χ3v) is 3.39. The van der Waals surface area contributed by atoms with Crippen molar-refractivity contribution in [3.8, 4) is 5.88 Å². The molecule has 5 heteroatoms. The second kappa shape index (κ2) is 5.54. The first kappa shape index (κ1) is 13.6. The third kappa shape index (κ3) is 2.87. The first-order valence-corrected chi connectivity index (χ1v) is 6.76. The monoisotopic (exact) mass is 283 g/mol. The molecule has 2 aromatic heterocycles. The second-order valence-electron chi connectivity index (χ2n) is 5.05. The van der Waals surface area contributed by atoms with Gasteiger partial charge in [0.2, 0.25) is 5.88 Å². The van der Waals surface area contributed by atoms with E-state index in [1.54, 1.807) is 13.2 Å². The molecule has 5 nitrogen and oxygen atoms in total. The van der Waals surface area contributed by atoms with Crippen molar-refractivity contribution < 1.29 is 9.15 Å². The Morgan fingerprint density at radius 3 is 2.90 bits per heavy atom. The number of fused-ring (bicyclic) bond motifs is 1. The standard InChI is InChI=1S/C16H17N3O2/c1-10-3-4-14-11(5-10)6-15(21-14)13(17)7-12-8-16(20-2)19-9-18-12/h3-6,8-9,13H,7,17H2,1-2H3. The highest BCUT2D eigenvalue weighted by atomic mass is 16.5. The van der Waals surface area contributed by atoms with Crippen molar-refractivity contribution in [1.82, 2.24) is 9.97 Å². The predicted molar refractivity (Wildman–Crippen MR) is 80.2 cm³/mol. The van der Waals surface area contributed by atoms with E-state index in [2.05, 4.69) is 23.0 Å². The van der Waals surface area contributed by atoms with Crippen LogP contribution in [0.15, 0.2) is 41.1 Å². The molecule has 3 aromatic rings. The van der Waals surface area contributed by atoms with E-state index in [0.29, 0.717) is 12.3 Å². The van der Waals surface area contributed by atoms with E-state index >= 15 is 0 Å². The Hall–Kier alpha value is -2.40. The van der Waals surface area contributed by atoms with Crippen molar-refractivity contribution in [3.05, 3.63) is 53.7 Å². The van der Waals surface area contributed by atoms with Crippen LogP contribution in [0.4, 0.5) is 0 Å². The Morgan fingerprint density at radius 2 is 2.10 bits per heavy atom. The number of hydrogen-bond donors (Lipinski definition) is 1. The van der Waals surface area contributed by atoms with Crippen molar-refractivity contribution in [2.45, 2.75) is 19.4 Å². The highest BCUT2D eigenvalue weighted by Crippen LogP contribution is 2.25. The maximum absolute atomic E-state index is 6.23. The predicted octanol–water partition coefficient (Wildman–Crippen LogP) is 2.78. The molecule has 0 saturated heterocycles. The maximum Gasteiger partial charge on any atom is 0.216 e. The topological polar surface area (TPSA) is 74.2 Å². The Bertz CT molecular complexity index is 767. The molecule has 0 aliphatic rings. The maximum atomic E-state index is 6.23. The molecule has 108 valence electrons. The van der Waals surface area contributed by atoms with Crippen LogP contribution in [0.5, 0.6) is 5.88 Å². The number of aryl methyl sites for hydroxylation is 1. The van der Waals surface area contributed by atoms with Gasteiger partial charge in [-0.15, -0.1) is 0 Å². The fraction of sp³-hybridized carbons (Fsp3) is 0.250. The number of rotatable bonds is 4. The largest absolute Gasteiger partial charge is 0.481 e. The lowest BCUT2D eigenvalue weighted by atomic mass is 10.1. The van der Waals surface area contributed by atoms with E-state index in [1.165, 1.54) is 11.9 Å². The van der Waals surface area contributed by atoms with Gasteiger partial charge in [-0.3, -0.25) is 0 Å². The number of furan rings is 1. The van der Waals surface area contributed by atoms with E-state index < -0.39 is 0 Å². The molecule has 1 aromatic carbocycles. The molecule has 0 radical (unpaired) electrons. The van der Waals surface area contributed by atoms with Gasteiger partial charge >= 0.3 is 0 Å². The van der Waals surface area contributed by atoms with Gasteiger partial charge in [0.05, 0.1) is 13.2 Å². The lowest BCUT2D eigenvalue weighted by Crippen LogP contribution is -2.13. The highest BCUT2D eigenvalue weighted by Gasteiger charge is 2.14. The van der Waals surface area contributed by atoms with Gasteiger partial charge in [-0.1, -0.05) is 11.6 Å². The lowest BCUT2D eigenvalue weighted by molar-refractivity contribution is 0.395. The number of benzene rings is 1. The summed E-state index contributed by atoms with van der Waals surface area (Å²) in [5, 5.41) is 1.07. The summed E-state index contributed by atoms with van der Waals surface area (Å²) in [6.07, 6.45) is 2.04. The smallest absolute Gasteiger partial charge is 0.216 e. The van der Waals surface area contributed by atoms with Crippen LogP contribution in [0, 0.1) is 6.92 Å². The van der Waals surface area contributed by atoms with Gasteiger partial charge in [-0.2, -0.15) is 0 Å². The van der Waals surface area contributed by atoms with Crippen LogP contribution in [-0.4, -0.2) is 17.1 Å². The summed E-state index contributed by atoms with van der Waals surface area (Å²) in [6.45, 7) is 2.05. The molecule has 1 unspecified atom stereocenters. The summed E-state index contributed by atoms with van der Waals surface area (Å²) in [7, 11) is 1.58. The van der Waals surface area contributed by atoms with Gasteiger partial charge in [0, 0.05) is 23.6 Å². The Balaban J connectivity index is 1.84. The van der Waals surface area contributed by atoms with E-state index in [4.69, 9.17) is 14.9 Å². The number of ether oxygens (including phenoxy) is 1. The minimum Gasteiger partial charge on any atom is -0.481 e. The Labute approximate surface area is 122 Å². The van der Waals surface area contributed by atoms with Gasteiger partial charge in [0.1, 0.15) is 17.7 Å². The fourth-order valence-electron chi connectivity index (χ4n) is 2.29. The lowest BCUT2D eigenvalue weighted by Gasteiger charge is -2.08. The first-order chi connectivity index (χ1) is 10.2. The van der Waals surface area contributed by atoms with Gasteiger partial charge in [0.15, 0.2) is 0 Å². The highest BCUT2D eigenvalue weighted by molar-refractivity contribution is 5.78. The van der Waals surface area contributed by atoms with Crippen molar-refractivity contribution in [3.63, 3.8) is 0 Å². The Morgan fingerprint density at radius 1 is 1.24 bits per heavy atom. The number of nitrogens with zero attached hydrogens (tertiary/aromatic N) is 2. The number of hydrogen-bond acceptors (Lipinski definition) is 5. The number of aromatic nitrogens is 2. The molecule has 3 rings (SSSR count). The van der Waals surface area contributed by atoms with E-state index in [-0.39, 0.29) is 6.04 Å². The molecule has 0 aliphatic heterocycles. The van der Waals surface area contributed by atoms with E-state index in [1.807, 2.05) is 18.2 Å². The van der Waals surface area contributed by atoms with Crippen molar-refractivity contribution in [2.75, 3.05) is 7.11 Å². The van der Waals surface area contributed by atoms with Gasteiger partial charge in [-0.05, 0) is 25.1 Å². The zero-order valence-corrected chi connectivity index (χ0v) is 12.0. The average Bonchev–Trinajstić information content (AvgIpc) is 2.90. The van der Waals surface area contributed by atoms with Gasteiger partial charge in [-0.25, -0.2) is 9.97 Å². The second-order valence-corrected chi connectivity index (χ2v) is 5.05. The van der Waals surface area contributed by atoms with Crippen LogP contribution in [0.3, 0.4) is 0 Å². The number of nitrogens with two attached hydrogens (primary N) is 1. The average molecular weight is 283 g/mol. The zero-order chi connectivity index (χ0) is 14.8. The molecule has 21 heavy (non-hydrogen) atoms. The van der Waals surface area contributed by atoms with Crippen LogP contribution in [0.2, 0.25) is 0 Å². The van der Waals surface area contributed by atoms with Crippen LogP contribution < -0.4 is 10.5 Å². The Kier molecular flexibility index (Phi) is 3.58. The fourth-order valence-corrected chi connectivity index (χ4v) is 2.29. The van der Waals surface area contributed by atoms with Crippen molar-refractivity contribution in [1.29, 1.82) is 0 Å². The summed E-state index contributed by atoms with van der Waals surface area (Å²) in [5.41, 5.74) is 9.10. The molecule has 0 spiro atoms. The molecule has 0 amide bonds. The first-order valence-electron chi connectivity index (χ1n) is 6.76. The SMILES string of the molecule is COc1cc(CC(N)c2cc3cc(C)ccc3o2)ncn1. The molecule has 0 fully saturated rings. The molecule has 0 bridgehead atoms. The zero-order valence-electron chi connectivity index (χ0n) is 12.0. The molecular formula is C16H17N3O2. The van der Waals surface area contributed by atoms with Crippen LogP contribution in [0.25, 0.3) is 11.0 Å². The quantitative estimate of drug-likeness (QED) is 0.797. The summed E-state index contributed by atoms with van der Waals surface area (Å²) < 4.78 is 10.9. The minimum atomic E-state index is -0.252. The molecule has 1 atom stereocenters. The summed E-state index contributed by atoms with van der Waals surface area (Å²) in [5.74, 6) is 1.29. The van der Waals surface area contributed by atoms with E-state index in [9.17, 15) is 0 Å². The minimum absolute atomic E-state index is 0.252. The molecule has 2 N–H and O–H groups in total. The molecular weight excluding hydrogens is 266 g/mol. The van der Waals surface area contributed by atoms with E-state index in [0.717, 1.165) is 22.4 Å².